The maximum absolute atomic E-state index is 12.8. The molecule has 0 saturated carbocycles. The van der Waals surface area contributed by atoms with Gasteiger partial charge in [0.15, 0.2) is 11.5 Å². The number of likely N-dealkylation sites (tertiary alicyclic amines) is 1. The predicted molar refractivity (Wildman–Crippen MR) is 133 cm³/mol. The highest BCUT2D eigenvalue weighted by molar-refractivity contribution is 5.95. The standard InChI is InChI=1S/C27H33N3O5/c1-3-15-33-16-12-28-27(32)22-7-4-19(2)29-26(22)21-10-13-30(14-11-21)25(31)9-6-20-5-8-23-24(17-20)35-18-34-23/h4-9,17,21H,3,10-16,18H2,1-2H3,(H,28,32)/b9-6+. The first-order chi connectivity index (χ1) is 17.0. The van der Waals surface area contributed by atoms with Crippen LogP contribution in [0, 0.1) is 6.92 Å². The summed E-state index contributed by atoms with van der Waals surface area (Å²) in [5.41, 5.74) is 3.20. The molecule has 2 aliphatic heterocycles. The van der Waals surface area contributed by atoms with Crippen LogP contribution in [0.5, 0.6) is 11.5 Å². The number of ether oxygens (including phenoxy) is 3. The van der Waals surface area contributed by atoms with E-state index in [2.05, 4.69) is 12.2 Å². The Kier molecular flexibility index (Phi) is 8.36. The van der Waals surface area contributed by atoms with Crippen molar-refractivity contribution in [2.75, 3.05) is 39.6 Å². The molecule has 8 heteroatoms. The number of nitrogens with zero attached hydrogens (tertiary/aromatic N) is 2. The van der Waals surface area contributed by atoms with E-state index in [1.54, 1.807) is 12.2 Å². The van der Waals surface area contributed by atoms with Crippen LogP contribution in [0.3, 0.4) is 0 Å². The van der Waals surface area contributed by atoms with Gasteiger partial charge >= 0.3 is 0 Å². The molecular weight excluding hydrogens is 446 g/mol. The second-order valence-electron chi connectivity index (χ2n) is 8.80. The first-order valence-corrected chi connectivity index (χ1v) is 12.2. The van der Waals surface area contributed by atoms with E-state index in [-0.39, 0.29) is 24.5 Å². The highest BCUT2D eigenvalue weighted by Gasteiger charge is 2.27. The number of rotatable bonds is 9. The summed E-state index contributed by atoms with van der Waals surface area (Å²) in [6.07, 6.45) is 5.88. The molecular formula is C27H33N3O5. The molecule has 0 radical (unpaired) electrons. The molecule has 186 valence electrons. The number of pyridine rings is 1. The number of hydrogen-bond donors (Lipinski definition) is 1. The molecule has 4 rings (SSSR count). The molecule has 0 aliphatic carbocycles. The highest BCUT2D eigenvalue weighted by Crippen LogP contribution is 2.33. The zero-order valence-corrected chi connectivity index (χ0v) is 20.4. The zero-order chi connectivity index (χ0) is 24.6. The minimum absolute atomic E-state index is 0.0247. The number of benzene rings is 1. The molecule has 1 saturated heterocycles. The van der Waals surface area contributed by atoms with E-state index >= 15 is 0 Å². The van der Waals surface area contributed by atoms with Crippen molar-refractivity contribution in [1.29, 1.82) is 0 Å². The van der Waals surface area contributed by atoms with Crippen LogP contribution in [0.2, 0.25) is 0 Å². The fraction of sp³-hybridized carbons (Fsp3) is 0.444. The number of aromatic nitrogens is 1. The normalized spacial score (nSPS) is 15.5. The smallest absolute Gasteiger partial charge is 0.253 e. The number of amides is 2. The second-order valence-corrected chi connectivity index (χ2v) is 8.80. The Morgan fingerprint density at radius 2 is 1.94 bits per heavy atom. The van der Waals surface area contributed by atoms with Crippen molar-refractivity contribution in [2.45, 2.75) is 39.0 Å². The molecule has 0 atom stereocenters. The molecule has 0 bridgehead atoms. The third-order valence-electron chi connectivity index (χ3n) is 6.20. The van der Waals surface area contributed by atoms with E-state index in [0.29, 0.717) is 44.2 Å². The maximum Gasteiger partial charge on any atom is 0.253 e. The lowest BCUT2D eigenvalue weighted by atomic mass is 9.89. The van der Waals surface area contributed by atoms with E-state index in [9.17, 15) is 9.59 Å². The second kappa shape index (κ2) is 11.8. The Labute approximate surface area is 206 Å². The Balaban J connectivity index is 1.33. The Morgan fingerprint density at radius 3 is 2.74 bits per heavy atom. The third-order valence-corrected chi connectivity index (χ3v) is 6.20. The molecule has 3 heterocycles. The van der Waals surface area contributed by atoms with E-state index < -0.39 is 0 Å². The average Bonchev–Trinajstić information content (AvgIpc) is 3.35. The number of aryl methyl sites for hydroxylation is 1. The van der Waals surface area contributed by atoms with Gasteiger partial charge in [-0.05, 0) is 62.1 Å². The molecule has 35 heavy (non-hydrogen) atoms. The molecule has 1 fully saturated rings. The number of nitrogens with one attached hydrogen (secondary N) is 1. The average molecular weight is 480 g/mol. The summed E-state index contributed by atoms with van der Waals surface area (Å²) >= 11 is 0. The Bertz CT molecular complexity index is 1080. The van der Waals surface area contributed by atoms with Crippen molar-refractivity contribution in [3.05, 3.63) is 58.9 Å². The highest BCUT2D eigenvalue weighted by atomic mass is 16.7. The Morgan fingerprint density at radius 1 is 1.14 bits per heavy atom. The van der Waals surface area contributed by atoms with Gasteiger partial charge in [0.1, 0.15) is 0 Å². The van der Waals surface area contributed by atoms with Gasteiger partial charge in [0.05, 0.1) is 17.9 Å². The monoisotopic (exact) mass is 479 g/mol. The number of carbonyl (C=O) groups excluding carboxylic acids is 2. The number of fused-ring (bicyclic) bond motifs is 1. The van der Waals surface area contributed by atoms with E-state index in [1.807, 2.05) is 42.2 Å². The molecule has 1 N–H and O–H groups in total. The van der Waals surface area contributed by atoms with E-state index in [1.165, 1.54) is 0 Å². The Hall–Kier alpha value is -3.39. The lowest BCUT2D eigenvalue weighted by Crippen LogP contribution is -2.37. The van der Waals surface area contributed by atoms with Crippen LogP contribution in [0.25, 0.3) is 6.08 Å². The number of hydrogen-bond acceptors (Lipinski definition) is 6. The summed E-state index contributed by atoms with van der Waals surface area (Å²) in [5, 5.41) is 2.94. The van der Waals surface area contributed by atoms with Crippen LogP contribution in [0.4, 0.5) is 0 Å². The third kappa shape index (κ3) is 6.39. The van der Waals surface area contributed by atoms with Gasteiger partial charge < -0.3 is 24.4 Å². The van der Waals surface area contributed by atoms with Gasteiger partial charge in [-0.1, -0.05) is 13.0 Å². The first kappa shape index (κ1) is 24.7. The number of piperidine rings is 1. The predicted octanol–water partition coefficient (Wildman–Crippen LogP) is 3.69. The zero-order valence-electron chi connectivity index (χ0n) is 20.4. The number of carbonyl (C=O) groups is 2. The summed E-state index contributed by atoms with van der Waals surface area (Å²) in [6, 6.07) is 9.33. The first-order valence-electron chi connectivity index (χ1n) is 12.2. The summed E-state index contributed by atoms with van der Waals surface area (Å²) in [6.45, 7) is 7.11. The van der Waals surface area contributed by atoms with Crippen LogP contribution in [0.15, 0.2) is 36.4 Å². The van der Waals surface area contributed by atoms with Crippen LogP contribution >= 0.6 is 0 Å². The fourth-order valence-corrected chi connectivity index (χ4v) is 4.32. The molecule has 0 spiro atoms. The van der Waals surface area contributed by atoms with Crippen LogP contribution in [0.1, 0.15) is 59.4 Å². The quantitative estimate of drug-likeness (QED) is 0.436. The fourth-order valence-electron chi connectivity index (χ4n) is 4.32. The van der Waals surface area contributed by atoms with E-state index in [0.717, 1.165) is 42.0 Å². The molecule has 0 unspecified atom stereocenters. The van der Waals surface area contributed by atoms with Gasteiger partial charge in [-0.2, -0.15) is 0 Å². The molecule has 2 aliphatic rings. The van der Waals surface area contributed by atoms with Crippen molar-refractivity contribution in [2.24, 2.45) is 0 Å². The van der Waals surface area contributed by atoms with Gasteiger partial charge in [0, 0.05) is 43.9 Å². The molecule has 8 nitrogen and oxygen atoms in total. The molecule has 1 aromatic carbocycles. The van der Waals surface area contributed by atoms with Gasteiger partial charge in [0.2, 0.25) is 12.7 Å². The maximum atomic E-state index is 12.8. The van der Waals surface area contributed by atoms with Crippen LogP contribution in [-0.2, 0) is 9.53 Å². The van der Waals surface area contributed by atoms with Gasteiger partial charge in [-0.15, -0.1) is 0 Å². The SMILES string of the molecule is CCCOCCNC(=O)c1ccc(C)nc1C1CCN(C(=O)/C=C/c2ccc3c(c2)OCO3)CC1. The van der Waals surface area contributed by atoms with Gasteiger partial charge in [-0.25, -0.2) is 0 Å². The summed E-state index contributed by atoms with van der Waals surface area (Å²) in [4.78, 5) is 32.1. The van der Waals surface area contributed by atoms with Crippen molar-refractivity contribution in [1.82, 2.24) is 15.2 Å². The minimum Gasteiger partial charge on any atom is -0.454 e. The van der Waals surface area contributed by atoms with Crippen LogP contribution in [-0.4, -0.2) is 61.3 Å². The lowest BCUT2D eigenvalue weighted by Gasteiger charge is -2.32. The molecule has 2 aromatic rings. The van der Waals surface area contributed by atoms with E-state index in [4.69, 9.17) is 19.2 Å². The molecule has 1 aromatic heterocycles. The summed E-state index contributed by atoms with van der Waals surface area (Å²) in [5.74, 6) is 1.40. The summed E-state index contributed by atoms with van der Waals surface area (Å²) < 4.78 is 16.2. The summed E-state index contributed by atoms with van der Waals surface area (Å²) in [7, 11) is 0. The largest absolute Gasteiger partial charge is 0.454 e. The lowest BCUT2D eigenvalue weighted by molar-refractivity contribution is -0.127. The molecule has 2 amide bonds. The minimum atomic E-state index is -0.127. The van der Waals surface area contributed by atoms with Crippen molar-refractivity contribution < 1.29 is 23.8 Å². The van der Waals surface area contributed by atoms with Crippen molar-refractivity contribution in [3.63, 3.8) is 0 Å². The van der Waals surface area contributed by atoms with Gasteiger partial charge in [-0.3, -0.25) is 14.6 Å². The van der Waals surface area contributed by atoms with Gasteiger partial charge in [0.25, 0.3) is 5.91 Å². The topological polar surface area (TPSA) is 90.0 Å². The van der Waals surface area contributed by atoms with Crippen molar-refractivity contribution >= 4 is 17.9 Å². The van der Waals surface area contributed by atoms with Crippen molar-refractivity contribution in [3.8, 4) is 11.5 Å². The van der Waals surface area contributed by atoms with Crippen LogP contribution < -0.4 is 14.8 Å².